The summed E-state index contributed by atoms with van der Waals surface area (Å²) in [7, 11) is 0. The summed E-state index contributed by atoms with van der Waals surface area (Å²) in [6.45, 7) is 1.04. The van der Waals surface area contributed by atoms with Crippen molar-refractivity contribution in [3.63, 3.8) is 0 Å². The van der Waals surface area contributed by atoms with Gasteiger partial charge in [-0.2, -0.15) is 13.2 Å². The molecular weight excluding hydrogens is 671 g/mol. The highest BCUT2D eigenvalue weighted by Crippen LogP contribution is 2.46. The molecule has 2 unspecified atom stereocenters. The summed E-state index contributed by atoms with van der Waals surface area (Å²) < 4.78 is 72.7. The number of alkyl halides is 3. The normalized spacial score (nSPS) is 17.0. The van der Waals surface area contributed by atoms with Gasteiger partial charge in [-0.25, -0.2) is 13.6 Å². The molecular formula is C38H39F5N4O4. The highest BCUT2D eigenvalue weighted by molar-refractivity contribution is 5.66. The molecule has 1 saturated heterocycles. The number of carboxylic acids is 1. The Kier molecular flexibility index (Phi) is 10.6. The van der Waals surface area contributed by atoms with Crippen LogP contribution >= 0.6 is 0 Å². The SMILES string of the molecule is O=C(O)CCCNC(Cn1c(=O)[nH]c2c(c1=O)C1(CC2)CCN(C(Cc2c(F)cccc2C(F)(F)F)c2cccc(F)c2)CC1)c1ccccc1. The smallest absolute Gasteiger partial charge is 0.416 e. The Morgan fingerprint density at radius 2 is 1.65 bits per heavy atom. The van der Waals surface area contributed by atoms with Crippen LogP contribution in [0.1, 0.15) is 77.7 Å². The average Bonchev–Trinajstić information content (AvgIpc) is 3.44. The van der Waals surface area contributed by atoms with Crippen LogP contribution in [0.2, 0.25) is 0 Å². The molecule has 2 aliphatic rings. The first kappa shape index (κ1) is 36.2. The number of piperidine rings is 1. The number of fused-ring (bicyclic) bond motifs is 2. The van der Waals surface area contributed by atoms with E-state index in [9.17, 15) is 31.9 Å². The number of H-pyrrole nitrogens is 1. The summed E-state index contributed by atoms with van der Waals surface area (Å²) in [6, 6.07) is 16.5. The monoisotopic (exact) mass is 710 g/mol. The molecule has 1 spiro atoms. The number of benzene rings is 3. The second-order valence-electron chi connectivity index (χ2n) is 13.5. The number of carboxylic acid groups (broad SMARTS) is 1. The highest BCUT2D eigenvalue weighted by Gasteiger charge is 2.46. The standard InChI is InChI=1S/C38H39F5N4O4/c39-26-10-4-9-25(21-26)32(22-27-28(38(41,42)43)11-5-12-29(27)40)46-19-16-37(17-20-46)15-14-30-34(37)35(50)47(36(51)45-30)23-31(24-7-2-1-3-8-24)44-18-6-13-33(48)49/h1-5,7-12,21,31-32,44H,6,13-20,22-23H2,(H,45,51)(H,48,49). The zero-order chi connectivity index (χ0) is 36.3. The number of halogens is 5. The summed E-state index contributed by atoms with van der Waals surface area (Å²) in [5.74, 6) is -2.47. The minimum Gasteiger partial charge on any atom is -0.481 e. The molecule has 3 aromatic carbocycles. The summed E-state index contributed by atoms with van der Waals surface area (Å²) in [5, 5.41) is 12.4. The number of hydrogen-bond donors (Lipinski definition) is 3. The molecule has 6 rings (SSSR count). The molecule has 0 bridgehead atoms. The van der Waals surface area contributed by atoms with E-state index >= 15 is 4.39 Å². The van der Waals surface area contributed by atoms with Gasteiger partial charge in [-0.15, -0.1) is 0 Å². The van der Waals surface area contributed by atoms with E-state index in [0.29, 0.717) is 68.6 Å². The number of aryl methyl sites for hydroxylation is 1. The lowest BCUT2D eigenvalue weighted by Crippen LogP contribution is -2.48. The zero-order valence-electron chi connectivity index (χ0n) is 27.8. The Bertz CT molecular complexity index is 1990. The number of aliphatic carboxylic acids is 1. The predicted octanol–water partition coefficient (Wildman–Crippen LogP) is 6.29. The molecule has 8 nitrogen and oxygen atoms in total. The Morgan fingerprint density at radius 1 is 0.941 bits per heavy atom. The number of carbonyl (C=O) groups is 1. The largest absolute Gasteiger partial charge is 0.481 e. The van der Waals surface area contributed by atoms with Crippen molar-refractivity contribution in [1.29, 1.82) is 0 Å². The van der Waals surface area contributed by atoms with Crippen molar-refractivity contribution in [3.8, 4) is 0 Å². The van der Waals surface area contributed by atoms with Crippen LogP contribution in [-0.2, 0) is 35.8 Å². The average molecular weight is 711 g/mol. The number of nitrogens with one attached hydrogen (secondary N) is 2. The predicted molar refractivity (Wildman–Crippen MR) is 180 cm³/mol. The topological polar surface area (TPSA) is 107 Å². The number of hydrogen-bond acceptors (Lipinski definition) is 5. The molecule has 0 amide bonds. The van der Waals surface area contributed by atoms with Crippen molar-refractivity contribution >= 4 is 5.97 Å². The maximum atomic E-state index is 15.1. The van der Waals surface area contributed by atoms with Crippen molar-refractivity contribution in [2.45, 2.75) is 75.2 Å². The van der Waals surface area contributed by atoms with Crippen LogP contribution in [0.4, 0.5) is 22.0 Å². The van der Waals surface area contributed by atoms with Gasteiger partial charge in [0.05, 0.1) is 18.2 Å². The van der Waals surface area contributed by atoms with Crippen molar-refractivity contribution in [2.75, 3.05) is 19.6 Å². The lowest BCUT2D eigenvalue weighted by molar-refractivity contribution is -0.139. The van der Waals surface area contributed by atoms with Crippen molar-refractivity contribution in [1.82, 2.24) is 19.8 Å². The molecule has 1 fully saturated rings. The van der Waals surface area contributed by atoms with Crippen LogP contribution in [0.25, 0.3) is 0 Å². The van der Waals surface area contributed by atoms with Crippen molar-refractivity contribution < 1.29 is 31.9 Å². The van der Waals surface area contributed by atoms with E-state index in [-0.39, 0.29) is 19.4 Å². The van der Waals surface area contributed by atoms with Gasteiger partial charge in [0.2, 0.25) is 0 Å². The Labute approximate surface area is 290 Å². The van der Waals surface area contributed by atoms with Gasteiger partial charge in [0, 0.05) is 34.7 Å². The van der Waals surface area contributed by atoms with Gasteiger partial charge in [-0.05, 0) is 93.6 Å². The molecule has 0 radical (unpaired) electrons. The molecule has 4 aromatic rings. The highest BCUT2D eigenvalue weighted by atomic mass is 19.4. The van der Waals surface area contributed by atoms with Gasteiger partial charge in [0.25, 0.3) is 5.56 Å². The maximum absolute atomic E-state index is 15.1. The molecule has 13 heteroatoms. The first-order valence-electron chi connectivity index (χ1n) is 17.1. The van der Waals surface area contributed by atoms with E-state index in [0.717, 1.165) is 23.8 Å². The van der Waals surface area contributed by atoms with Crippen LogP contribution in [0, 0.1) is 11.6 Å². The summed E-state index contributed by atoms with van der Waals surface area (Å²) in [4.78, 5) is 43.5. The van der Waals surface area contributed by atoms with E-state index < -0.39 is 63.7 Å². The third kappa shape index (κ3) is 7.84. The van der Waals surface area contributed by atoms with E-state index in [1.165, 1.54) is 22.8 Å². The van der Waals surface area contributed by atoms with Crippen LogP contribution in [-0.4, -0.2) is 45.2 Å². The van der Waals surface area contributed by atoms with Crippen LogP contribution in [0.15, 0.2) is 82.4 Å². The number of nitrogens with zero attached hydrogens (tertiary/aromatic N) is 2. The summed E-state index contributed by atoms with van der Waals surface area (Å²) in [6.07, 6.45) is -2.82. The lowest BCUT2D eigenvalue weighted by atomic mass is 9.73. The third-order valence-corrected chi connectivity index (χ3v) is 10.4. The van der Waals surface area contributed by atoms with Gasteiger partial charge in [0.1, 0.15) is 11.6 Å². The van der Waals surface area contributed by atoms with Gasteiger partial charge >= 0.3 is 17.8 Å². The molecule has 1 aromatic heterocycles. The fourth-order valence-electron chi connectivity index (χ4n) is 7.84. The molecule has 270 valence electrons. The van der Waals surface area contributed by atoms with E-state index in [1.807, 2.05) is 35.2 Å². The van der Waals surface area contributed by atoms with Gasteiger partial charge in [-0.1, -0.05) is 48.5 Å². The molecule has 51 heavy (non-hydrogen) atoms. The molecule has 1 aliphatic heterocycles. The minimum atomic E-state index is -4.78. The van der Waals surface area contributed by atoms with Crippen LogP contribution in [0.5, 0.6) is 0 Å². The second kappa shape index (κ2) is 14.9. The Hall–Kier alpha value is -4.62. The van der Waals surface area contributed by atoms with Crippen LogP contribution < -0.4 is 16.6 Å². The Balaban J connectivity index is 1.28. The number of likely N-dealkylation sites (tertiary alicyclic amines) is 1. The number of aromatic nitrogens is 2. The van der Waals surface area contributed by atoms with Gasteiger partial charge < -0.3 is 15.4 Å². The fourth-order valence-corrected chi connectivity index (χ4v) is 7.84. The summed E-state index contributed by atoms with van der Waals surface area (Å²) in [5.41, 5.74) is -0.772. The molecule has 2 heterocycles. The molecule has 0 saturated carbocycles. The zero-order valence-corrected chi connectivity index (χ0v) is 27.8. The quantitative estimate of drug-likeness (QED) is 0.118. The number of rotatable bonds is 12. The minimum absolute atomic E-state index is 0.00651. The first-order valence-corrected chi connectivity index (χ1v) is 17.1. The maximum Gasteiger partial charge on any atom is 0.416 e. The van der Waals surface area contributed by atoms with Gasteiger partial charge in [0.15, 0.2) is 0 Å². The molecule has 2 atom stereocenters. The Morgan fingerprint density at radius 3 is 2.33 bits per heavy atom. The van der Waals surface area contributed by atoms with E-state index in [2.05, 4.69) is 10.3 Å². The number of aromatic amines is 1. The first-order chi connectivity index (χ1) is 24.4. The summed E-state index contributed by atoms with van der Waals surface area (Å²) >= 11 is 0. The van der Waals surface area contributed by atoms with E-state index in [4.69, 9.17) is 5.11 Å². The van der Waals surface area contributed by atoms with Crippen molar-refractivity contribution in [3.05, 3.63) is 139 Å². The van der Waals surface area contributed by atoms with Gasteiger partial charge in [-0.3, -0.25) is 19.1 Å². The van der Waals surface area contributed by atoms with Crippen molar-refractivity contribution in [2.24, 2.45) is 0 Å². The van der Waals surface area contributed by atoms with Crippen LogP contribution in [0.3, 0.4) is 0 Å². The molecule has 1 aliphatic carbocycles. The van der Waals surface area contributed by atoms with E-state index in [1.54, 1.807) is 6.07 Å². The fraction of sp³-hybridized carbons (Fsp3) is 0.395. The lowest BCUT2D eigenvalue weighted by Gasteiger charge is -2.43. The molecule has 3 N–H and O–H groups in total. The third-order valence-electron chi connectivity index (χ3n) is 10.4. The second-order valence-corrected chi connectivity index (χ2v) is 13.5.